The maximum absolute atomic E-state index is 10.5. The Kier molecular flexibility index (Phi) is 4.21. The van der Waals surface area contributed by atoms with Crippen LogP contribution < -0.4 is 5.32 Å². The lowest BCUT2D eigenvalue weighted by Gasteiger charge is -1.94. The molecule has 0 aliphatic carbocycles. The Morgan fingerprint density at radius 3 is 2.86 bits per heavy atom. The molecule has 0 radical (unpaired) electrons. The fourth-order valence-corrected chi connectivity index (χ4v) is 1.25. The van der Waals surface area contributed by atoms with E-state index in [9.17, 15) is 4.79 Å². The lowest BCUT2D eigenvalue weighted by molar-refractivity contribution is -0.118. The lowest BCUT2D eigenvalue weighted by atomic mass is 10.2. The van der Waals surface area contributed by atoms with Gasteiger partial charge in [-0.25, -0.2) is 0 Å². The molecule has 1 amide bonds. The summed E-state index contributed by atoms with van der Waals surface area (Å²) in [6, 6.07) is 7.71. The Balaban J connectivity index is 2.59. The number of carbonyl (C=O) groups excluding carboxylic acids is 1. The van der Waals surface area contributed by atoms with E-state index in [1.54, 1.807) is 0 Å². The Bertz CT molecular complexity index is 390. The van der Waals surface area contributed by atoms with Crippen molar-refractivity contribution >= 4 is 21.8 Å². The molecule has 0 heterocycles. The summed E-state index contributed by atoms with van der Waals surface area (Å²) < 4.78 is 0.968. The van der Waals surface area contributed by atoms with Crippen LogP contribution in [0.3, 0.4) is 0 Å². The largest absolute Gasteiger partial charge is 0.345 e. The van der Waals surface area contributed by atoms with Crippen LogP contribution in [0.5, 0.6) is 0 Å². The molecular weight excluding hydrogens is 242 g/mol. The Hall–Kier alpha value is -1.27. The smallest absolute Gasteiger partial charge is 0.217 e. The van der Waals surface area contributed by atoms with Crippen molar-refractivity contribution in [1.29, 1.82) is 0 Å². The minimum Gasteiger partial charge on any atom is -0.345 e. The molecule has 0 bridgehead atoms. The van der Waals surface area contributed by atoms with Crippen molar-refractivity contribution in [2.45, 2.75) is 6.92 Å². The summed E-state index contributed by atoms with van der Waals surface area (Å²) in [5.41, 5.74) is 0.929. The first-order valence-corrected chi connectivity index (χ1v) is 4.97. The number of hydrogen-bond acceptors (Lipinski definition) is 1. The second-order valence-electron chi connectivity index (χ2n) is 2.69. The van der Waals surface area contributed by atoms with Gasteiger partial charge in [0.1, 0.15) is 0 Å². The molecule has 0 saturated carbocycles. The standard InChI is InChI=1S/C11H10BrNO/c1-9(14)13-8-4-6-10-5-2-3-7-11(10)12/h2-3,5,7H,8H2,1H3,(H,13,14). The predicted molar refractivity (Wildman–Crippen MR) is 59.7 cm³/mol. The van der Waals surface area contributed by atoms with E-state index in [0.29, 0.717) is 6.54 Å². The van der Waals surface area contributed by atoms with Gasteiger partial charge in [-0.3, -0.25) is 4.79 Å². The molecule has 14 heavy (non-hydrogen) atoms. The van der Waals surface area contributed by atoms with E-state index in [4.69, 9.17) is 0 Å². The average molecular weight is 252 g/mol. The van der Waals surface area contributed by atoms with Crippen LogP contribution in [0.4, 0.5) is 0 Å². The molecule has 1 rings (SSSR count). The van der Waals surface area contributed by atoms with Gasteiger partial charge in [0.05, 0.1) is 6.54 Å². The van der Waals surface area contributed by atoms with Gasteiger partial charge in [0.15, 0.2) is 0 Å². The number of halogens is 1. The lowest BCUT2D eigenvalue weighted by Crippen LogP contribution is -2.19. The van der Waals surface area contributed by atoms with Crippen LogP contribution in [0.2, 0.25) is 0 Å². The summed E-state index contributed by atoms with van der Waals surface area (Å²) in [4.78, 5) is 10.5. The highest BCUT2D eigenvalue weighted by Gasteiger charge is 1.91. The van der Waals surface area contributed by atoms with Crippen LogP contribution >= 0.6 is 15.9 Å². The molecule has 0 spiro atoms. The molecule has 0 fully saturated rings. The first kappa shape index (κ1) is 10.8. The van der Waals surface area contributed by atoms with E-state index in [0.717, 1.165) is 10.0 Å². The second-order valence-corrected chi connectivity index (χ2v) is 3.55. The molecule has 0 saturated heterocycles. The van der Waals surface area contributed by atoms with Gasteiger partial charge in [0, 0.05) is 17.0 Å². The molecule has 72 valence electrons. The molecule has 1 N–H and O–H groups in total. The van der Waals surface area contributed by atoms with Gasteiger partial charge in [-0.1, -0.05) is 24.0 Å². The van der Waals surface area contributed by atoms with Gasteiger partial charge in [-0.05, 0) is 28.1 Å². The zero-order valence-electron chi connectivity index (χ0n) is 7.80. The molecule has 3 heteroatoms. The van der Waals surface area contributed by atoms with E-state index in [2.05, 4.69) is 33.1 Å². The van der Waals surface area contributed by atoms with Gasteiger partial charge < -0.3 is 5.32 Å². The molecule has 2 nitrogen and oxygen atoms in total. The van der Waals surface area contributed by atoms with Crippen molar-refractivity contribution < 1.29 is 4.79 Å². The summed E-state index contributed by atoms with van der Waals surface area (Å²) >= 11 is 3.39. The van der Waals surface area contributed by atoms with E-state index in [-0.39, 0.29) is 5.91 Å². The van der Waals surface area contributed by atoms with Crippen molar-refractivity contribution in [1.82, 2.24) is 5.32 Å². The summed E-state index contributed by atoms with van der Waals surface area (Å²) in [5, 5.41) is 2.61. The van der Waals surface area contributed by atoms with Crippen LogP contribution in [-0.2, 0) is 4.79 Å². The monoisotopic (exact) mass is 251 g/mol. The predicted octanol–water partition coefficient (Wildman–Crippen LogP) is 1.94. The molecule has 0 unspecified atom stereocenters. The normalized spacial score (nSPS) is 8.71. The van der Waals surface area contributed by atoms with Crippen molar-refractivity contribution in [2.75, 3.05) is 6.54 Å². The Morgan fingerprint density at radius 2 is 2.21 bits per heavy atom. The van der Waals surface area contributed by atoms with Gasteiger partial charge in [0.25, 0.3) is 0 Å². The Labute approximate surface area is 91.8 Å². The Morgan fingerprint density at radius 1 is 1.50 bits per heavy atom. The number of rotatable bonds is 1. The summed E-state index contributed by atoms with van der Waals surface area (Å²) in [5.74, 6) is 5.76. The maximum atomic E-state index is 10.5. The van der Waals surface area contributed by atoms with E-state index in [1.807, 2.05) is 24.3 Å². The van der Waals surface area contributed by atoms with Crippen molar-refractivity contribution in [3.8, 4) is 11.8 Å². The summed E-state index contributed by atoms with van der Waals surface area (Å²) in [6.45, 7) is 1.86. The first-order chi connectivity index (χ1) is 6.70. The van der Waals surface area contributed by atoms with Crippen molar-refractivity contribution in [3.05, 3.63) is 34.3 Å². The molecule has 1 aromatic carbocycles. The zero-order valence-corrected chi connectivity index (χ0v) is 9.39. The van der Waals surface area contributed by atoms with Crippen molar-refractivity contribution in [3.63, 3.8) is 0 Å². The SMILES string of the molecule is CC(=O)NCC#Cc1ccccc1Br. The molecule has 0 atom stereocenters. The highest BCUT2D eigenvalue weighted by molar-refractivity contribution is 9.10. The molecule has 0 aliphatic heterocycles. The van der Waals surface area contributed by atoms with Crippen LogP contribution in [0.1, 0.15) is 12.5 Å². The van der Waals surface area contributed by atoms with E-state index >= 15 is 0 Å². The van der Waals surface area contributed by atoms with Gasteiger partial charge in [-0.2, -0.15) is 0 Å². The zero-order chi connectivity index (χ0) is 10.4. The fourth-order valence-electron chi connectivity index (χ4n) is 0.871. The average Bonchev–Trinajstić information content (AvgIpc) is 2.15. The number of amides is 1. The number of benzene rings is 1. The minimum atomic E-state index is -0.0635. The third kappa shape index (κ3) is 3.63. The first-order valence-electron chi connectivity index (χ1n) is 4.18. The maximum Gasteiger partial charge on any atom is 0.217 e. The molecular formula is C11H10BrNO. The van der Waals surface area contributed by atoms with E-state index in [1.165, 1.54) is 6.92 Å². The summed E-state index contributed by atoms with van der Waals surface area (Å²) in [7, 11) is 0. The van der Waals surface area contributed by atoms with Crippen LogP contribution in [-0.4, -0.2) is 12.5 Å². The third-order valence-corrected chi connectivity index (χ3v) is 2.21. The third-order valence-electron chi connectivity index (χ3n) is 1.52. The quantitative estimate of drug-likeness (QED) is 0.760. The minimum absolute atomic E-state index is 0.0635. The molecule has 0 aliphatic rings. The molecule has 1 aromatic rings. The highest BCUT2D eigenvalue weighted by Crippen LogP contribution is 2.13. The molecule has 0 aromatic heterocycles. The fraction of sp³-hybridized carbons (Fsp3) is 0.182. The number of hydrogen-bond donors (Lipinski definition) is 1. The van der Waals surface area contributed by atoms with Crippen molar-refractivity contribution in [2.24, 2.45) is 0 Å². The van der Waals surface area contributed by atoms with Gasteiger partial charge in [0.2, 0.25) is 5.91 Å². The second kappa shape index (κ2) is 5.46. The van der Waals surface area contributed by atoms with Crippen LogP contribution in [0.25, 0.3) is 0 Å². The summed E-state index contributed by atoms with van der Waals surface area (Å²) in [6.07, 6.45) is 0. The van der Waals surface area contributed by atoms with Gasteiger partial charge in [-0.15, -0.1) is 0 Å². The number of carbonyl (C=O) groups is 1. The highest BCUT2D eigenvalue weighted by atomic mass is 79.9. The number of nitrogens with one attached hydrogen (secondary N) is 1. The van der Waals surface area contributed by atoms with Crippen LogP contribution in [0, 0.1) is 11.8 Å². The topological polar surface area (TPSA) is 29.1 Å². The van der Waals surface area contributed by atoms with Crippen LogP contribution in [0.15, 0.2) is 28.7 Å². The van der Waals surface area contributed by atoms with Gasteiger partial charge >= 0.3 is 0 Å². The van der Waals surface area contributed by atoms with E-state index < -0.39 is 0 Å².